The predicted molar refractivity (Wildman–Crippen MR) is 111 cm³/mol. The maximum atomic E-state index is 13.2. The molecule has 0 aromatic carbocycles. The van der Waals surface area contributed by atoms with Gasteiger partial charge in [-0.15, -0.1) is 22.7 Å². The number of carbonyl (C=O) groups is 1. The summed E-state index contributed by atoms with van der Waals surface area (Å²) in [6.07, 6.45) is 4.70. The van der Waals surface area contributed by atoms with Gasteiger partial charge in [0.1, 0.15) is 10.6 Å². The molecule has 1 saturated carbocycles. The highest BCUT2D eigenvalue weighted by atomic mass is 32.2. The van der Waals surface area contributed by atoms with E-state index in [4.69, 9.17) is 4.98 Å². The fourth-order valence-corrected chi connectivity index (χ4v) is 6.45. The summed E-state index contributed by atoms with van der Waals surface area (Å²) in [6, 6.07) is 4.03. The Bertz CT molecular complexity index is 988. The fraction of sp³-hybridized carbons (Fsp3) is 0.421. The smallest absolute Gasteiger partial charge is 0.263 e. The summed E-state index contributed by atoms with van der Waals surface area (Å²) in [5, 5.41) is 5.36. The highest BCUT2D eigenvalue weighted by Crippen LogP contribution is 2.36. The maximum Gasteiger partial charge on any atom is 0.263 e. The van der Waals surface area contributed by atoms with Crippen LogP contribution in [-0.4, -0.2) is 20.6 Å². The minimum Gasteiger partial charge on any atom is -0.298 e. The van der Waals surface area contributed by atoms with Crippen molar-refractivity contribution < 1.29 is 4.79 Å². The van der Waals surface area contributed by atoms with Crippen LogP contribution in [-0.2, 0) is 11.3 Å². The minimum absolute atomic E-state index is 0.00530. The number of fused-ring (bicyclic) bond motifs is 1. The van der Waals surface area contributed by atoms with E-state index >= 15 is 0 Å². The first-order valence-electron chi connectivity index (χ1n) is 8.94. The van der Waals surface area contributed by atoms with E-state index in [1.807, 2.05) is 29.8 Å². The first kappa shape index (κ1) is 17.9. The molecule has 1 fully saturated rings. The van der Waals surface area contributed by atoms with Gasteiger partial charge < -0.3 is 0 Å². The second-order valence-corrected chi connectivity index (χ2v) is 9.40. The number of ketones is 1. The maximum absolute atomic E-state index is 13.2. The van der Waals surface area contributed by atoms with Crippen molar-refractivity contribution in [3.8, 4) is 10.4 Å². The van der Waals surface area contributed by atoms with Crippen LogP contribution < -0.4 is 5.56 Å². The van der Waals surface area contributed by atoms with Crippen LogP contribution in [0.25, 0.3) is 20.7 Å². The van der Waals surface area contributed by atoms with Crippen LogP contribution in [0.3, 0.4) is 0 Å². The van der Waals surface area contributed by atoms with E-state index in [9.17, 15) is 9.59 Å². The second-order valence-electron chi connectivity index (χ2n) is 6.42. The summed E-state index contributed by atoms with van der Waals surface area (Å²) in [5.74, 6) is 0.301. The Balaban J connectivity index is 1.79. The number of nitrogens with zero attached hydrogens (tertiary/aromatic N) is 2. The Hall–Kier alpha value is -1.44. The first-order valence-corrected chi connectivity index (χ1v) is 11.6. The molecule has 26 heavy (non-hydrogen) atoms. The van der Waals surface area contributed by atoms with Gasteiger partial charge in [-0.1, -0.05) is 30.7 Å². The lowest BCUT2D eigenvalue weighted by molar-refractivity contribution is -0.118. The lowest BCUT2D eigenvalue weighted by atomic mass is 10.2. The lowest BCUT2D eigenvalue weighted by Crippen LogP contribution is -2.24. The molecule has 0 spiro atoms. The third-order valence-corrected chi connectivity index (χ3v) is 7.84. The summed E-state index contributed by atoms with van der Waals surface area (Å²) < 4.78 is 1.73. The Morgan fingerprint density at radius 2 is 2.15 bits per heavy atom. The van der Waals surface area contributed by atoms with E-state index in [0.717, 1.165) is 41.0 Å². The van der Waals surface area contributed by atoms with E-state index in [0.29, 0.717) is 29.3 Å². The van der Waals surface area contributed by atoms with E-state index in [2.05, 4.69) is 0 Å². The zero-order valence-corrected chi connectivity index (χ0v) is 17.0. The summed E-state index contributed by atoms with van der Waals surface area (Å²) in [5.41, 5.74) is 0.979. The van der Waals surface area contributed by atoms with Crippen LogP contribution in [0.1, 0.15) is 39.0 Å². The molecule has 7 heteroatoms. The Labute approximate surface area is 164 Å². The molecule has 1 aliphatic carbocycles. The zero-order valence-electron chi connectivity index (χ0n) is 14.6. The number of Topliss-reactive ketones (excluding diaryl/α,β-unsaturated/α-hetero) is 1. The van der Waals surface area contributed by atoms with Crippen molar-refractivity contribution in [2.45, 2.75) is 56.0 Å². The zero-order chi connectivity index (χ0) is 18.1. The Morgan fingerprint density at radius 1 is 1.27 bits per heavy atom. The summed E-state index contributed by atoms with van der Waals surface area (Å²) in [4.78, 5) is 32.2. The third-order valence-electron chi connectivity index (χ3n) is 4.76. The molecule has 136 valence electrons. The van der Waals surface area contributed by atoms with Crippen molar-refractivity contribution in [2.75, 3.05) is 0 Å². The monoisotopic (exact) mass is 404 g/mol. The predicted octanol–water partition coefficient (Wildman–Crippen LogP) is 5.20. The van der Waals surface area contributed by atoms with Crippen molar-refractivity contribution in [3.05, 3.63) is 33.2 Å². The molecule has 3 aromatic heterocycles. The van der Waals surface area contributed by atoms with Gasteiger partial charge in [-0.05, 0) is 31.2 Å². The van der Waals surface area contributed by atoms with E-state index in [-0.39, 0.29) is 10.8 Å². The van der Waals surface area contributed by atoms with Crippen LogP contribution in [0.4, 0.5) is 0 Å². The number of aromatic nitrogens is 2. The largest absolute Gasteiger partial charge is 0.298 e. The number of carbonyl (C=O) groups excluding carboxylic acids is 1. The van der Waals surface area contributed by atoms with Crippen LogP contribution in [0.15, 0.2) is 32.8 Å². The van der Waals surface area contributed by atoms with Crippen LogP contribution in [0, 0.1) is 0 Å². The molecule has 4 rings (SSSR count). The topological polar surface area (TPSA) is 52.0 Å². The molecule has 3 heterocycles. The average Bonchev–Trinajstić information content (AvgIpc) is 3.25. The number of thioether (sulfide) groups is 1. The molecule has 0 amide bonds. The van der Waals surface area contributed by atoms with Crippen LogP contribution >= 0.6 is 34.4 Å². The van der Waals surface area contributed by atoms with Crippen LogP contribution in [0.2, 0.25) is 0 Å². The number of hydrogen-bond acceptors (Lipinski definition) is 6. The van der Waals surface area contributed by atoms with Crippen LogP contribution in [0.5, 0.6) is 0 Å². The molecule has 4 nitrogen and oxygen atoms in total. The van der Waals surface area contributed by atoms with Gasteiger partial charge in [0.15, 0.2) is 5.16 Å². The molecule has 0 aliphatic heterocycles. The van der Waals surface area contributed by atoms with E-state index < -0.39 is 0 Å². The molecule has 1 atom stereocenters. The molecule has 0 unspecified atom stereocenters. The van der Waals surface area contributed by atoms with Gasteiger partial charge in [-0.2, -0.15) is 0 Å². The molecule has 1 aliphatic rings. The SMILES string of the molecule is CCn1c(S[C@H]2CCCCCC2=O)nc2scc(-c3cccs3)c2c1=O. The summed E-state index contributed by atoms with van der Waals surface area (Å²) in [6.45, 7) is 2.52. The van der Waals surface area contributed by atoms with Crippen molar-refractivity contribution >= 4 is 50.4 Å². The molecule has 0 saturated heterocycles. The molecular weight excluding hydrogens is 384 g/mol. The van der Waals surface area contributed by atoms with Gasteiger partial charge in [-0.3, -0.25) is 14.2 Å². The molecular formula is C19H20N2O2S3. The van der Waals surface area contributed by atoms with Crippen molar-refractivity contribution in [1.29, 1.82) is 0 Å². The quantitative estimate of drug-likeness (QED) is 0.443. The van der Waals surface area contributed by atoms with Crippen molar-refractivity contribution in [1.82, 2.24) is 9.55 Å². The van der Waals surface area contributed by atoms with Gasteiger partial charge in [0.05, 0.1) is 10.6 Å². The highest BCUT2D eigenvalue weighted by Gasteiger charge is 2.25. The van der Waals surface area contributed by atoms with E-state index in [1.54, 1.807) is 15.9 Å². The Kier molecular flexibility index (Phi) is 5.29. The van der Waals surface area contributed by atoms with Crippen molar-refractivity contribution in [2.24, 2.45) is 0 Å². The molecule has 0 bridgehead atoms. The lowest BCUT2D eigenvalue weighted by Gasteiger charge is -2.15. The van der Waals surface area contributed by atoms with Gasteiger partial charge >= 0.3 is 0 Å². The molecule has 3 aromatic rings. The minimum atomic E-state index is -0.0728. The second kappa shape index (κ2) is 7.66. The average molecular weight is 405 g/mol. The number of thiophene rings is 2. The van der Waals surface area contributed by atoms with Gasteiger partial charge in [0.2, 0.25) is 0 Å². The summed E-state index contributed by atoms with van der Waals surface area (Å²) in [7, 11) is 0. The van der Waals surface area contributed by atoms with Gasteiger partial charge in [0.25, 0.3) is 5.56 Å². The Morgan fingerprint density at radius 3 is 2.92 bits per heavy atom. The molecule has 0 radical (unpaired) electrons. The fourth-order valence-electron chi connectivity index (χ4n) is 3.37. The van der Waals surface area contributed by atoms with Gasteiger partial charge in [0, 0.05) is 28.8 Å². The van der Waals surface area contributed by atoms with Crippen molar-refractivity contribution in [3.63, 3.8) is 0 Å². The summed E-state index contributed by atoms with van der Waals surface area (Å²) >= 11 is 4.63. The molecule has 0 N–H and O–H groups in total. The number of rotatable bonds is 4. The van der Waals surface area contributed by atoms with Gasteiger partial charge in [-0.25, -0.2) is 4.98 Å². The highest BCUT2D eigenvalue weighted by molar-refractivity contribution is 8.00. The standard InChI is InChI=1S/C19H20N2O2S3/c1-2-21-18(23)16-12(14-9-6-10-24-14)11-25-17(16)20-19(21)26-15-8-5-3-4-7-13(15)22/h6,9-11,15H,2-5,7-8H2,1H3/t15-/m0/s1. The van der Waals surface area contributed by atoms with E-state index in [1.165, 1.54) is 23.1 Å². The number of hydrogen-bond donors (Lipinski definition) is 0. The normalized spacial score (nSPS) is 18.3. The first-order chi connectivity index (χ1) is 12.7. The third kappa shape index (κ3) is 3.28.